The lowest BCUT2D eigenvalue weighted by Gasteiger charge is -2.37. The summed E-state index contributed by atoms with van der Waals surface area (Å²) in [7, 11) is 0. The third kappa shape index (κ3) is 9.56. The maximum atomic E-state index is 14.5. The van der Waals surface area contributed by atoms with Crippen LogP contribution in [-0.4, -0.2) is 80.9 Å². The summed E-state index contributed by atoms with van der Waals surface area (Å²) in [6, 6.07) is 4.91. The minimum atomic E-state index is -1.06. The van der Waals surface area contributed by atoms with Crippen LogP contribution < -0.4 is 21.3 Å². The standard InChI is InChI=1S/C38H53N7O6/c1-8-13-27(31(46)36(50)41-23(4)24-14-10-9-11-15-24)42-35(49)30-26-17-12-16-25(26)21-45(30)37(51)32(38(5,6)7)44-34(48)29(22(2)3)43-33(47)28-20-39-18-19-40-28/h9-11,14-15,18-20,22-23,25-27,29-30,32H,8,12-13,16-17,21H2,1-7H3,(H,41,50)(H,42,49)(H,43,47)(H,44,48)/t23-,25-,26-,27?,29+,30?,32?/m0/s1. The van der Waals surface area contributed by atoms with Gasteiger partial charge in [-0.15, -0.1) is 0 Å². The summed E-state index contributed by atoms with van der Waals surface area (Å²) in [4.78, 5) is 91.4. The molecule has 3 unspecified atom stereocenters. The SMILES string of the molecule is CCCC(NC(=O)C1[C@H]2CCC[C@H]2CN1C(=O)C(NC(=O)[C@H](NC(=O)c1cnccn1)C(C)C)C(C)(C)C)C(=O)C(=O)N[C@@H](C)c1ccccc1. The fraction of sp³-hybridized carbons (Fsp3) is 0.579. The molecule has 4 rings (SSSR count). The number of nitrogens with one attached hydrogen (secondary N) is 4. The zero-order valence-electron chi connectivity index (χ0n) is 30.8. The summed E-state index contributed by atoms with van der Waals surface area (Å²) >= 11 is 0. The van der Waals surface area contributed by atoms with E-state index in [4.69, 9.17) is 0 Å². The minimum Gasteiger partial charge on any atom is -0.344 e. The third-order valence-corrected chi connectivity index (χ3v) is 9.95. The van der Waals surface area contributed by atoms with Crippen molar-refractivity contribution in [2.75, 3.05) is 6.54 Å². The number of Topliss-reactive ketones (excluding diaryl/α,β-unsaturated/α-hetero) is 1. The van der Waals surface area contributed by atoms with Crippen molar-refractivity contribution in [3.63, 3.8) is 0 Å². The van der Waals surface area contributed by atoms with Gasteiger partial charge in [-0.25, -0.2) is 4.98 Å². The number of nitrogens with zero attached hydrogens (tertiary/aromatic N) is 3. The van der Waals surface area contributed by atoms with Gasteiger partial charge in [0, 0.05) is 18.9 Å². The van der Waals surface area contributed by atoms with E-state index in [0.717, 1.165) is 24.8 Å². The molecule has 1 saturated heterocycles. The number of carbonyl (C=O) groups excluding carboxylic acids is 6. The summed E-state index contributed by atoms with van der Waals surface area (Å²) in [5.41, 5.74) is 0.131. The highest BCUT2D eigenvalue weighted by Crippen LogP contribution is 2.43. The molecule has 2 aliphatic rings. The summed E-state index contributed by atoms with van der Waals surface area (Å²) in [5, 5.41) is 11.2. The van der Waals surface area contributed by atoms with Gasteiger partial charge in [0.15, 0.2) is 0 Å². The third-order valence-electron chi connectivity index (χ3n) is 9.95. The van der Waals surface area contributed by atoms with Crippen LogP contribution in [0.2, 0.25) is 0 Å². The smallest absolute Gasteiger partial charge is 0.290 e. The molecule has 5 amide bonds. The first-order valence-corrected chi connectivity index (χ1v) is 18.0. The van der Waals surface area contributed by atoms with E-state index < -0.39 is 70.9 Å². The lowest BCUT2D eigenvalue weighted by atomic mass is 9.85. The largest absolute Gasteiger partial charge is 0.344 e. The Kier molecular flexibility index (Phi) is 13.1. The second-order valence-electron chi connectivity index (χ2n) is 15.2. The average Bonchev–Trinajstić information content (AvgIpc) is 3.70. The monoisotopic (exact) mass is 703 g/mol. The van der Waals surface area contributed by atoms with Crippen LogP contribution in [0.15, 0.2) is 48.9 Å². The van der Waals surface area contributed by atoms with Crippen LogP contribution in [0.1, 0.15) is 103 Å². The number of likely N-dealkylation sites (tertiary alicyclic amines) is 1. The quantitative estimate of drug-likeness (QED) is 0.217. The number of amides is 5. The van der Waals surface area contributed by atoms with Crippen LogP contribution in [-0.2, 0) is 24.0 Å². The van der Waals surface area contributed by atoms with Crippen molar-refractivity contribution in [2.24, 2.45) is 23.2 Å². The number of rotatable bonds is 14. The zero-order chi connectivity index (χ0) is 37.5. The van der Waals surface area contributed by atoms with Crippen molar-refractivity contribution in [3.05, 3.63) is 60.2 Å². The molecule has 0 spiro atoms. The highest BCUT2D eigenvalue weighted by atomic mass is 16.2. The van der Waals surface area contributed by atoms with E-state index in [1.54, 1.807) is 25.7 Å². The predicted molar refractivity (Wildman–Crippen MR) is 191 cm³/mol. The van der Waals surface area contributed by atoms with Crippen LogP contribution in [0.5, 0.6) is 0 Å². The summed E-state index contributed by atoms with van der Waals surface area (Å²) < 4.78 is 0. The maximum absolute atomic E-state index is 14.5. The van der Waals surface area contributed by atoms with Gasteiger partial charge in [0.25, 0.3) is 11.8 Å². The molecule has 2 aromatic rings. The molecule has 0 radical (unpaired) electrons. The molecular formula is C38H53N7O6. The molecule has 4 N–H and O–H groups in total. The average molecular weight is 704 g/mol. The second kappa shape index (κ2) is 17.0. The highest BCUT2D eigenvalue weighted by molar-refractivity contribution is 6.38. The molecule has 0 bridgehead atoms. The molecule has 1 aromatic heterocycles. The topological polar surface area (TPSA) is 180 Å². The van der Waals surface area contributed by atoms with Crippen molar-refractivity contribution in [1.82, 2.24) is 36.1 Å². The Hall–Kier alpha value is -4.68. The molecule has 1 aliphatic heterocycles. The number of carbonyl (C=O) groups is 6. The van der Waals surface area contributed by atoms with E-state index in [1.807, 2.05) is 58.0 Å². The predicted octanol–water partition coefficient (Wildman–Crippen LogP) is 3.12. The van der Waals surface area contributed by atoms with Crippen LogP contribution >= 0.6 is 0 Å². The molecule has 1 aromatic carbocycles. The van der Waals surface area contributed by atoms with E-state index in [1.165, 1.54) is 18.6 Å². The molecule has 13 heteroatoms. The lowest BCUT2D eigenvalue weighted by Crippen LogP contribution is -2.62. The van der Waals surface area contributed by atoms with E-state index in [0.29, 0.717) is 13.0 Å². The van der Waals surface area contributed by atoms with E-state index in [2.05, 4.69) is 31.2 Å². The molecule has 276 valence electrons. The Morgan fingerprint density at radius 1 is 0.922 bits per heavy atom. The fourth-order valence-corrected chi connectivity index (χ4v) is 7.15. The zero-order valence-corrected chi connectivity index (χ0v) is 30.8. The lowest BCUT2D eigenvalue weighted by molar-refractivity contribution is -0.146. The van der Waals surface area contributed by atoms with Gasteiger partial charge in [-0.2, -0.15) is 0 Å². The fourth-order valence-electron chi connectivity index (χ4n) is 7.15. The van der Waals surface area contributed by atoms with E-state index >= 15 is 0 Å². The van der Waals surface area contributed by atoms with Crippen LogP contribution in [0.25, 0.3) is 0 Å². The Morgan fingerprint density at radius 3 is 2.24 bits per heavy atom. The van der Waals surface area contributed by atoms with Crippen molar-refractivity contribution < 1.29 is 28.8 Å². The molecule has 1 saturated carbocycles. The molecule has 2 fully saturated rings. The molecule has 51 heavy (non-hydrogen) atoms. The number of fused-ring (bicyclic) bond motifs is 1. The molecule has 1 aliphatic carbocycles. The number of hydrogen-bond donors (Lipinski definition) is 4. The minimum absolute atomic E-state index is 0.0555. The Balaban J connectivity index is 1.52. The Labute approximate surface area is 300 Å². The number of hydrogen-bond acceptors (Lipinski definition) is 8. The first-order valence-electron chi connectivity index (χ1n) is 18.0. The Bertz CT molecular complexity index is 1560. The number of ketones is 1. The molecule has 7 atom stereocenters. The summed E-state index contributed by atoms with van der Waals surface area (Å²) in [6.45, 7) is 13.0. The molecule has 13 nitrogen and oxygen atoms in total. The van der Waals surface area contributed by atoms with Gasteiger partial charge >= 0.3 is 0 Å². The van der Waals surface area contributed by atoms with Gasteiger partial charge in [-0.1, -0.05) is 84.7 Å². The van der Waals surface area contributed by atoms with Crippen molar-refractivity contribution in [1.29, 1.82) is 0 Å². The second-order valence-corrected chi connectivity index (χ2v) is 15.2. The first kappa shape index (κ1) is 39.1. The highest BCUT2D eigenvalue weighted by Gasteiger charge is 2.52. The van der Waals surface area contributed by atoms with Gasteiger partial charge in [0.2, 0.25) is 23.5 Å². The van der Waals surface area contributed by atoms with Gasteiger partial charge in [-0.05, 0) is 54.9 Å². The van der Waals surface area contributed by atoms with E-state index in [9.17, 15) is 28.8 Å². The maximum Gasteiger partial charge on any atom is 0.290 e. The van der Waals surface area contributed by atoms with E-state index in [-0.39, 0.29) is 29.9 Å². The molecular weight excluding hydrogens is 650 g/mol. The van der Waals surface area contributed by atoms with Gasteiger partial charge < -0.3 is 26.2 Å². The van der Waals surface area contributed by atoms with Gasteiger partial charge in [-0.3, -0.25) is 33.8 Å². The summed E-state index contributed by atoms with van der Waals surface area (Å²) in [6.07, 6.45) is 7.43. The van der Waals surface area contributed by atoms with Gasteiger partial charge in [0.1, 0.15) is 23.8 Å². The van der Waals surface area contributed by atoms with Crippen molar-refractivity contribution in [2.45, 2.75) is 111 Å². The van der Waals surface area contributed by atoms with Crippen molar-refractivity contribution >= 4 is 35.3 Å². The van der Waals surface area contributed by atoms with Crippen LogP contribution in [0.4, 0.5) is 0 Å². The number of benzene rings is 1. The van der Waals surface area contributed by atoms with Gasteiger partial charge in [0.05, 0.1) is 18.3 Å². The first-order chi connectivity index (χ1) is 24.1. The van der Waals surface area contributed by atoms with Crippen LogP contribution in [0.3, 0.4) is 0 Å². The normalized spacial score (nSPS) is 20.8. The van der Waals surface area contributed by atoms with Crippen molar-refractivity contribution in [3.8, 4) is 0 Å². The van der Waals surface area contributed by atoms with Crippen LogP contribution in [0, 0.1) is 23.2 Å². The Morgan fingerprint density at radius 2 is 1.63 bits per heavy atom. The number of aromatic nitrogens is 2. The molecule has 2 heterocycles. The summed E-state index contributed by atoms with van der Waals surface area (Å²) in [5.74, 6) is -3.90.